The second kappa shape index (κ2) is 5.80. The van der Waals surface area contributed by atoms with Gasteiger partial charge in [0.25, 0.3) is 0 Å². The third-order valence-corrected chi connectivity index (χ3v) is 5.32. The Balaban J connectivity index is 1.57. The molecule has 0 saturated carbocycles. The van der Waals surface area contributed by atoms with Gasteiger partial charge in [-0.2, -0.15) is 0 Å². The Bertz CT molecular complexity index is 765. The normalized spacial score (nSPS) is 21.0. The average Bonchev–Trinajstić information content (AvgIpc) is 3.17. The molecule has 1 atom stereocenters. The lowest BCUT2D eigenvalue weighted by Crippen LogP contribution is -2.39. The highest BCUT2D eigenvalue weighted by Crippen LogP contribution is 2.29. The Morgan fingerprint density at radius 1 is 1.48 bits per heavy atom. The number of nitrogens with zero attached hydrogens (tertiary/aromatic N) is 3. The van der Waals surface area contributed by atoms with E-state index < -0.39 is 0 Å². The molecule has 1 saturated heterocycles. The van der Waals surface area contributed by atoms with E-state index in [4.69, 9.17) is 16.3 Å². The fraction of sp³-hybridized carbons (Fsp3) is 0.529. The van der Waals surface area contributed by atoms with Crippen LogP contribution in [0.3, 0.4) is 0 Å². The van der Waals surface area contributed by atoms with E-state index in [0.717, 1.165) is 54.8 Å². The SMILES string of the molecule is Cc1c(Cl)cnc2c1cc1n2CCN(C(=O)CC2CCCO2)C1. The van der Waals surface area contributed by atoms with Crippen LogP contribution >= 0.6 is 11.6 Å². The first-order valence-corrected chi connectivity index (χ1v) is 8.54. The Morgan fingerprint density at radius 3 is 3.13 bits per heavy atom. The highest BCUT2D eigenvalue weighted by atomic mass is 35.5. The quantitative estimate of drug-likeness (QED) is 0.849. The number of rotatable bonds is 2. The van der Waals surface area contributed by atoms with Crippen molar-refractivity contribution in [2.75, 3.05) is 13.2 Å². The minimum absolute atomic E-state index is 0.109. The lowest BCUT2D eigenvalue weighted by molar-refractivity contribution is -0.134. The smallest absolute Gasteiger partial charge is 0.225 e. The zero-order valence-electron chi connectivity index (χ0n) is 13.2. The van der Waals surface area contributed by atoms with Gasteiger partial charge in [0.15, 0.2) is 0 Å². The van der Waals surface area contributed by atoms with Gasteiger partial charge in [0.05, 0.1) is 24.1 Å². The van der Waals surface area contributed by atoms with Crippen molar-refractivity contribution >= 4 is 28.5 Å². The molecule has 5 nitrogen and oxygen atoms in total. The number of hydrogen-bond acceptors (Lipinski definition) is 3. The van der Waals surface area contributed by atoms with Crippen molar-refractivity contribution in [1.82, 2.24) is 14.5 Å². The van der Waals surface area contributed by atoms with Crippen molar-refractivity contribution in [3.8, 4) is 0 Å². The second-order valence-electron chi connectivity index (χ2n) is 6.41. The largest absolute Gasteiger partial charge is 0.378 e. The molecule has 4 rings (SSSR count). The minimum Gasteiger partial charge on any atom is -0.378 e. The van der Waals surface area contributed by atoms with E-state index in [1.807, 2.05) is 11.8 Å². The van der Waals surface area contributed by atoms with Crippen molar-refractivity contribution in [2.24, 2.45) is 0 Å². The maximum Gasteiger partial charge on any atom is 0.225 e. The summed E-state index contributed by atoms with van der Waals surface area (Å²) in [5, 5.41) is 1.77. The van der Waals surface area contributed by atoms with E-state index in [1.54, 1.807) is 6.20 Å². The Hall–Kier alpha value is -1.59. The van der Waals surface area contributed by atoms with Crippen molar-refractivity contribution in [2.45, 2.75) is 45.4 Å². The number of amides is 1. The molecule has 0 radical (unpaired) electrons. The molecule has 6 heteroatoms. The molecule has 2 aromatic rings. The molecule has 122 valence electrons. The van der Waals surface area contributed by atoms with E-state index in [-0.39, 0.29) is 12.0 Å². The minimum atomic E-state index is 0.109. The molecule has 1 amide bonds. The summed E-state index contributed by atoms with van der Waals surface area (Å²) in [7, 11) is 0. The van der Waals surface area contributed by atoms with Crippen LogP contribution in [0.5, 0.6) is 0 Å². The van der Waals surface area contributed by atoms with Crippen LogP contribution < -0.4 is 0 Å². The zero-order valence-corrected chi connectivity index (χ0v) is 14.0. The average molecular weight is 334 g/mol. The van der Waals surface area contributed by atoms with Crippen LogP contribution in [-0.2, 0) is 22.6 Å². The number of fused-ring (bicyclic) bond motifs is 3. The molecule has 2 aromatic heterocycles. The molecule has 0 aliphatic carbocycles. The van der Waals surface area contributed by atoms with Gasteiger partial charge in [0.2, 0.25) is 5.91 Å². The molecule has 0 bridgehead atoms. The molecule has 1 unspecified atom stereocenters. The zero-order chi connectivity index (χ0) is 16.0. The summed E-state index contributed by atoms with van der Waals surface area (Å²) in [6.45, 7) is 4.95. The molecule has 2 aliphatic heterocycles. The van der Waals surface area contributed by atoms with Crippen molar-refractivity contribution in [1.29, 1.82) is 0 Å². The van der Waals surface area contributed by atoms with E-state index >= 15 is 0 Å². The second-order valence-corrected chi connectivity index (χ2v) is 6.82. The number of ether oxygens (including phenoxy) is 1. The standard InChI is InChI=1S/C17H20ClN3O2/c1-11-14-7-12-10-20(16(22)8-13-3-2-6-23-13)4-5-21(12)17(14)19-9-15(11)18/h7,9,13H,2-6,8,10H2,1H3. The summed E-state index contributed by atoms with van der Waals surface area (Å²) in [5.41, 5.74) is 3.15. The summed E-state index contributed by atoms with van der Waals surface area (Å²) in [5.74, 6) is 0.191. The van der Waals surface area contributed by atoms with Crippen LogP contribution in [0.4, 0.5) is 0 Å². The number of halogens is 1. The summed E-state index contributed by atoms with van der Waals surface area (Å²) < 4.78 is 7.79. The van der Waals surface area contributed by atoms with Crippen molar-refractivity contribution < 1.29 is 9.53 Å². The number of carbonyl (C=O) groups is 1. The molecule has 23 heavy (non-hydrogen) atoms. The monoisotopic (exact) mass is 333 g/mol. The van der Waals surface area contributed by atoms with Gasteiger partial charge >= 0.3 is 0 Å². The summed E-state index contributed by atoms with van der Waals surface area (Å²) >= 11 is 6.18. The highest BCUT2D eigenvalue weighted by molar-refractivity contribution is 6.32. The maximum atomic E-state index is 12.5. The number of aromatic nitrogens is 2. The third-order valence-electron chi connectivity index (χ3n) is 4.94. The van der Waals surface area contributed by atoms with E-state index in [1.165, 1.54) is 0 Å². The summed E-state index contributed by atoms with van der Waals surface area (Å²) in [4.78, 5) is 18.9. The third kappa shape index (κ3) is 2.62. The predicted octanol–water partition coefficient (Wildman–Crippen LogP) is 2.91. The number of hydrogen-bond donors (Lipinski definition) is 0. The molecular formula is C17H20ClN3O2. The fourth-order valence-electron chi connectivity index (χ4n) is 3.57. The molecule has 1 fully saturated rings. The molecule has 4 heterocycles. The molecule has 2 aliphatic rings. The number of carbonyl (C=O) groups excluding carboxylic acids is 1. The number of pyridine rings is 1. The molecule has 0 N–H and O–H groups in total. The number of aryl methyl sites for hydroxylation is 1. The van der Waals surface area contributed by atoms with Crippen molar-refractivity contribution in [3.63, 3.8) is 0 Å². The first kappa shape index (κ1) is 15.0. The van der Waals surface area contributed by atoms with Crippen LogP contribution in [0.25, 0.3) is 11.0 Å². The first-order valence-electron chi connectivity index (χ1n) is 8.16. The van der Waals surface area contributed by atoms with Crippen LogP contribution in [0, 0.1) is 6.92 Å². The van der Waals surface area contributed by atoms with E-state index in [9.17, 15) is 4.79 Å². The van der Waals surface area contributed by atoms with Gasteiger partial charge in [0, 0.05) is 37.0 Å². The van der Waals surface area contributed by atoms with E-state index in [2.05, 4.69) is 15.6 Å². The van der Waals surface area contributed by atoms with Gasteiger partial charge in [0.1, 0.15) is 5.65 Å². The van der Waals surface area contributed by atoms with E-state index in [0.29, 0.717) is 18.0 Å². The Kier molecular flexibility index (Phi) is 3.77. The van der Waals surface area contributed by atoms with Gasteiger partial charge in [-0.3, -0.25) is 4.79 Å². The highest BCUT2D eigenvalue weighted by Gasteiger charge is 2.27. The van der Waals surface area contributed by atoms with Gasteiger partial charge in [-0.15, -0.1) is 0 Å². The van der Waals surface area contributed by atoms with Gasteiger partial charge < -0.3 is 14.2 Å². The van der Waals surface area contributed by atoms with Crippen LogP contribution in [0.1, 0.15) is 30.5 Å². The lowest BCUT2D eigenvalue weighted by Gasteiger charge is -2.29. The lowest BCUT2D eigenvalue weighted by atomic mass is 10.1. The summed E-state index contributed by atoms with van der Waals surface area (Å²) in [6, 6.07) is 2.12. The Labute approximate surface area is 140 Å². The van der Waals surface area contributed by atoms with Crippen LogP contribution in [0.2, 0.25) is 5.02 Å². The van der Waals surface area contributed by atoms with Gasteiger partial charge in [-0.05, 0) is 31.4 Å². The van der Waals surface area contributed by atoms with Gasteiger partial charge in [-0.25, -0.2) is 4.98 Å². The molecule has 0 spiro atoms. The van der Waals surface area contributed by atoms with Crippen LogP contribution in [-0.4, -0.2) is 39.6 Å². The fourth-order valence-corrected chi connectivity index (χ4v) is 3.72. The topological polar surface area (TPSA) is 47.4 Å². The van der Waals surface area contributed by atoms with Crippen molar-refractivity contribution in [3.05, 3.63) is 28.5 Å². The first-order chi connectivity index (χ1) is 11.1. The predicted molar refractivity (Wildman–Crippen MR) is 88.5 cm³/mol. The van der Waals surface area contributed by atoms with Gasteiger partial charge in [-0.1, -0.05) is 11.6 Å². The summed E-state index contributed by atoms with van der Waals surface area (Å²) in [6.07, 6.45) is 4.39. The maximum absolute atomic E-state index is 12.5. The Morgan fingerprint density at radius 2 is 2.35 bits per heavy atom. The molecule has 0 aromatic carbocycles. The van der Waals surface area contributed by atoms with Crippen LogP contribution in [0.15, 0.2) is 12.3 Å². The molecular weight excluding hydrogens is 314 g/mol.